The van der Waals surface area contributed by atoms with Gasteiger partial charge in [0.1, 0.15) is 0 Å². The summed E-state index contributed by atoms with van der Waals surface area (Å²) in [5, 5.41) is 0. The summed E-state index contributed by atoms with van der Waals surface area (Å²) in [7, 11) is 0. The summed E-state index contributed by atoms with van der Waals surface area (Å²) in [6.07, 6.45) is 8.68. The molecule has 0 saturated heterocycles. The standard InChI is InChI=1S/C10H18O/c1-4-10(3)8-6-7-9-11-5-2/h1,10H,5-9H2,2-3H3. The van der Waals surface area contributed by atoms with Crippen LogP contribution in [0.5, 0.6) is 0 Å². The highest BCUT2D eigenvalue weighted by Crippen LogP contribution is 2.05. The lowest BCUT2D eigenvalue weighted by Crippen LogP contribution is -1.95. The molecule has 0 rings (SSSR count). The molecule has 1 heteroatoms. The monoisotopic (exact) mass is 154 g/mol. The van der Waals surface area contributed by atoms with Crippen molar-refractivity contribution in [3.63, 3.8) is 0 Å². The van der Waals surface area contributed by atoms with Crippen LogP contribution in [0, 0.1) is 18.3 Å². The lowest BCUT2D eigenvalue weighted by Gasteiger charge is -2.03. The van der Waals surface area contributed by atoms with Crippen molar-refractivity contribution in [2.45, 2.75) is 33.1 Å². The molecule has 0 aromatic heterocycles. The Morgan fingerprint density at radius 3 is 2.73 bits per heavy atom. The number of hydrogen-bond acceptors (Lipinski definition) is 1. The molecule has 0 aliphatic rings. The summed E-state index contributed by atoms with van der Waals surface area (Å²) in [4.78, 5) is 0. The third kappa shape index (κ3) is 7.42. The lowest BCUT2D eigenvalue weighted by molar-refractivity contribution is 0.142. The zero-order chi connectivity index (χ0) is 8.53. The Labute approximate surface area is 70.1 Å². The molecule has 0 aliphatic heterocycles. The SMILES string of the molecule is C#CC(C)CCCCOCC. The maximum Gasteiger partial charge on any atom is 0.0465 e. The van der Waals surface area contributed by atoms with Crippen molar-refractivity contribution in [1.82, 2.24) is 0 Å². The van der Waals surface area contributed by atoms with E-state index in [0.717, 1.165) is 26.1 Å². The lowest BCUT2D eigenvalue weighted by atomic mass is 10.1. The van der Waals surface area contributed by atoms with Gasteiger partial charge in [-0.25, -0.2) is 0 Å². The van der Waals surface area contributed by atoms with Crippen LogP contribution < -0.4 is 0 Å². The van der Waals surface area contributed by atoms with Gasteiger partial charge in [0.2, 0.25) is 0 Å². The Morgan fingerprint density at radius 2 is 2.18 bits per heavy atom. The summed E-state index contributed by atoms with van der Waals surface area (Å²) in [5.74, 6) is 3.14. The third-order valence-corrected chi connectivity index (χ3v) is 1.66. The van der Waals surface area contributed by atoms with E-state index in [2.05, 4.69) is 12.8 Å². The van der Waals surface area contributed by atoms with Crippen LogP contribution in [-0.4, -0.2) is 13.2 Å². The number of ether oxygens (including phenoxy) is 1. The second-order valence-electron chi connectivity index (χ2n) is 2.76. The second kappa shape index (κ2) is 7.63. The highest BCUT2D eigenvalue weighted by atomic mass is 16.5. The van der Waals surface area contributed by atoms with E-state index in [1.54, 1.807) is 0 Å². The predicted molar refractivity (Wildman–Crippen MR) is 48.3 cm³/mol. The minimum absolute atomic E-state index is 0.427. The Morgan fingerprint density at radius 1 is 1.45 bits per heavy atom. The molecule has 1 atom stereocenters. The van der Waals surface area contributed by atoms with Crippen molar-refractivity contribution in [2.75, 3.05) is 13.2 Å². The van der Waals surface area contributed by atoms with E-state index < -0.39 is 0 Å². The fourth-order valence-electron chi connectivity index (χ4n) is 0.882. The maximum atomic E-state index is 5.23. The van der Waals surface area contributed by atoms with Gasteiger partial charge in [0.15, 0.2) is 0 Å². The number of unbranched alkanes of at least 4 members (excludes halogenated alkanes) is 1. The van der Waals surface area contributed by atoms with Crippen molar-refractivity contribution >= 4 is 0 Å². The molecule has 1 unspecified atom stereocenters. The average molecular weight is 154 g/mol. The molecule has 0 bridgehead atoms. The molecule has 0 aromatic rings. The first kappa shape index (κ1) is 10.5. The van der Waals surface area contributed by atoms with Crippen molar-refractivity contribution in [3.8, 4) is 12.3 Å². The highest BCUT2D eigenvalue weighted by Gasteiger charge is 1.95. The molecule has 0 N–H and O–H groups in total. The molecule has 1 nitrogen and oxygen atoms in total. The van der Waals surface area contributed by atoms with Gasteiger partial charge in [0.25, 0.3) is 0 Å². The molecule has 0 radical (unpaired) electrons. The largest absolute Gasteiger partial charge is 0.382 e. The third-order valence-electron chi connectivity index (χ3n) is 1.66. The summed E-state index contributed by atoms with van der Waals surface area (Å²) >= 11 is 0. The fourth-order valence-corrected chi connectivity index (χ4v) is 0.882. The topological polar surface area (TPSA) is 9.23 Å². The molecule has 0 aliphatic carbocycles. The highest BCUT2D eigenvalue weighted by molar-refractivity contribution is 4.89. The number of rotatable bonds is 6. The predicted octanol–water partition coefficient (Wildman–Crippen LogP) is 2.46. The van der Waals surface area contributed by atoms with E-state index in [4.69, 9.17) is 11.2 Å². The van der Waals surface area contributed by atoms with E-state index in [1.165, 1.54) is 6.42 Å². The molecule has 0 spiro atoms. The smallest absolute Gasteiger partial charge is 0.0465 e. The molecule has 11 heavy (non-hydrogen) atoms. The fraction of sp³-hybridized carbons (Fsp3) is 0.800. The van der Waals surface area contributed by atoms with Crippen LogP contribution in [0.25, 0.3) is 0 Å². The van der Waals surface area contributed by atoms with Gasteiger partial charge in [-0.1, -0.05) is 6.92 Å². The quantitative estimate of drug-likeness (QED) is 0.422. The van der Waals surface area contributed by atoms with Crippen LogP contribution in [0.2, 0.25) is 0 Å². The first-order valence-electron chi connectivity index (χ1n) is 4.35. The van der Waals surface area contributed by atoms with Crippen LogP contribution >= 0.6 is 0 Å². The first-order valence-corrected chi connectivity index (χ1v) is 4.35. The molecule has 0 aromatic carbocycles. The minimum Gasteiger partial charge on any atom is -0.382 e. The Balaban J connectivity index is 2.97. The van der Waals surface area contributed by atoms with Gasteiger partial charge < -0.3 is 4.74 Å². The number of hydrogen-bond donors (Lipinski definition) is 0. The molecule has 0 heterocycles. The van der Waals surface area contributed by atoms with Crippen molar-refractivity contribution in [3.05, 3.63) is 0 Å². The second-order valence-corrected chi connectivity index (χ2v) is 2.76. The van der Waals surface area contributed by atoms with E-state index in [-0.39, 0.29) is 0 Å². The Hall–Kier alpha value is -0.480. The molecule has 0 saturated carbocycles. The number of terminal acetylenes is 1. The van der Waals surface area contributed by atoms with Gasteiger partial charge in [-0.3, -0.25) is 0 Å². The average Bonchev–Trinajstić information content (AvgIpc) is 2.04. The van der Waals surface area contributed by atoms with Gasteiger partial charge in [-0.15, -0.1) is 12.3 Å². The zero-order valence-corrected chi connectivity index (χ0v) is 7.60. The van der Waals surface area contributed by atoms with Crippen LogP contribution in [0.1, 0.15) is 33.1 Å². The summed E-state index contributed by atoms with van der Waals surface area (Å²) < 4.78 is 5.20. The zero-order valence-electron chi connectivity index (χ0n) is 7.60. The van der Waals surface area contributed by atoms with Crippen LogP contribution in [-0.2, 0) is 4.74 Å². The van der Waals surface area contributed by atoms with E-state index in [0.29, 0.717) is 5.92 Å². The summed E-state index contributed by atoms with van der Waals surface area (Å²) in [6.45, 7) is 5.81. The molecular weight excluding hydrogens is 136 g/mol. The van der Waals surface area contributed by atoms with Crippen molar-refractivity contribution in [1.29, 1.82) is 0 Å². The summed E-state index contributed by atoms with van der Waals surface area (Å²) in [5.41, 5.74) is 0. The molecule has 0 fully saturated rings. The van der Waals surface area contributed by atoms with Gasteiger partial charge in [0, 0.05) is 19.1 Å². The minimum atomic E-state index is 0.427. The van der Waals surface area contributed by atoms with E-state index in [9.17, 15) is 0 Å². The Kier molecular flexibility index (Phi) is 7.29. The van der Waals surface area contributed by atoms with E-state index >= 15 is 0 Å². The first-order chi connectivity index (χ1) is 5.31. The summed E-state index contributed by atoms with van der Waals surface area (Å²) in [6, 6.07) is 0. The van der Waals surface area contributed by atoms with Crippen LogP contribution in [0.3, 0.4) is 0 Å². The van der Waals surface area contributed by atoms with E-state index in [1.807, 2.05) is 6.92 Å². The van der Waals surface area contributed by atoms with Crippen LogP contribution in [0.15, 0.2) is 0 Å². The Bertz CT molecular complexity index is 113. The van der Waals surface area contributed by atoms with Gasteiger partial charge in [-0.05, 0) is 26.2 Å². The van der Waals surface area contributed by atoms with Gasteiger partial charge in [0.05, 0.1) is 0 Å². The normalized spacial score (nSPS) is 12.5. The molecule has 64 valence electrons. The maximum absolute atomic E-state index is 5.23. The van der Waals surface area contributed by atoms with Crippen molar-refractivity contribution in [2.24, 2.45) is 5.92 Å². The molecular formula is C10H18O. The van der Waals surface area contributed by atoms with Crippen LogP contribution in [0.4, 0.5) is 0 Å². The van der Waals surface area contributed by atoms with Gasteiger partial charge >= 0.3 is 0 Å². The molecule has 0 amide bonds. The van der Waals surface area contributed by atoms with Crippen molar-refractivity contribution < 1.29 is 4.74 Å². The van der Waals surface area contributed by atoms with Gasteiger partial charge in [-0.2, -0.15) is 0 Å².